The van der Waals surface area contributed by atoms with E-state index < -0.39 is 0 Å². The largest absolute Gasteiger partial charge is 0.378 e. The maximum absolute atomic E-state index is 12.7. The summed E-state index contributed by atoms with van der Waals surface area (Å²) in [5.41, 5.74) is 3.63. The van der Waals surface area contributed by atoms with Gasteiger partial charge in [-0.15, -0.1) is 0 Å². The van der Waals surface area contributed by atoms with Crippen LogP contribution in [0.2, 0.25) is 0 Å². The lowest BCUT2D eigenvalue weighted by atomic mass is 10.1. The fraction of sp³-hybridized carbons (Fsp3) is 0.333. The van der Waals surface area contributed by atoms with Gasteiger partial charge in [0.2, 0.25) is 0 Å². The molecule has 4 rings (SSSR count). The van der Waals surface area contributed by atoms with Gasteiger partial charge in [0.1, 0.15) is 0 Å². The Bertz CT molecular complexity index is 946. The van der Waals surface area contributed by atoms with Crippen LogP contribution < -0.4 is 0 Å². The zero-order chi connectivity index (χ0) is 19.3. The predicted octanol–water partition coefficient (Wildman–Crippen LogP) is 4.93. The average molecular weight is 374 g/mol. The minimum Gasteiger partial charge on any atom is -0.378 e. The molecule has 1 aliphatic rings. The number of fused-ring (bicyclic) bond motifs is 1. The van der Waals surface area contributed by atoms with E-state index >= 15 is 0 Å². The third-order valence-electron chi connectivity index (χ3n) is 5.42. The fourth-order valence-corrected chi connectivity index (χ4v) is 3.76. The molecule has 0 N–H and O–H groups in total. The topological polar surface area (TPSA) is 42.4 Å². The number of hydrogen-bond acceptors (Lipinski definition) is 3. The van der Waals surface area contributed by atoms with Gasteiger partial charge in [0, 0.05) is 36.7 Å². The Morgan fingerprint density at radius 2 is 1.93 bits per heavy atom. The Hall–Kier alpha value is -2.72. The molecule has 3 aromatic rings. The Balaban J connectivity index is 1.39. The van der Waals surface area contributed by atoms with Crippen LogP contribution in [0.1, 0.15) is 36.0 Å². The number of benzene rings is 2. The van der Waals surface area contributed by atoms with Crippen molar-refractivity contribution in [1.82, 2.24) is 9.88 Å². The summed E-state index contributed by atoms with van der Waals surface area (Å²) in [7, 11) is 1.87. The zero-order valence-electron chi connectivity index (χ0n) is 16.3. The van der Waals surface area contributed by atoms with Gasteiger partial charge in [-0.2, -0.15) is 0 Å². The number of amides is 1. The van der Waals surface area contributed by atoms with Crippen molar-refractivity contribution in [3.63, 3.8) is 0 Å². The number of rotatable bonds is 6. The highest BCUT2D eigenvalue weighted by molar-refractivity contribution is 5.94. The van der Waals surface area contributed by atoms with Crippen LogP contribution in [0, 0.1) is 0 Å². The summed E-state index contributed by atoms with van der Waals surface area (Å²) in [4.78, 5) is 19.2. The Labute approximate surface area is 166 Å². The van der Waals surface area contributed by atoms with Crippen LogP contribution in [0.3, 0.4) is 0 Å². The van der Waals surface area contributed by atoms with E-state index in [4.69, 9.17) is 9.72 Å². The molecule has 28 heavy (non-hydrogen) atoms. The molecule has 2 heterocycles. The van der Waals surface area contributed by atoms with Crippen LogP contribution >= 0.6 is 0 Å². The van der Waals surface area contributed by atoms with Crippen LogP contribution in [0.4, 0.5) is 0 Å². The highest BCUT2D eigenvalue weighted by atomic mass is 16.5. The van der Waals surface area contributed by atoms with Crippen LogP contribution in [0.25, 0.3) is 22.2 Å². The van der Waals surface area contributed by atoms with Gasteiger partial charge in [-0.3, -0.25) is 4.79 Å². The number of hydrogen-bond donors (Lipinski definition) is 0. The zero-order valence-corrected chi connectivity index (χ0v) is 16.3. The summed E-state index contributed by atoms with van der Waals surface area (Å²) < 4.78 is 5.65. The van der Waals surface area contributed by atoms with Crippen molar-refractivity contribution >= 4 is 16.8 Å². The normalized spacial score (nSPS) is 16.4. The molecule has 1 amide bonds. The summed E-state index contributed by atoms with van der Waals surface area (Å²) >= 11 is 0. The van der Waals surface area contributed by atoms with Crippen molar-refractivity contribution in [2.75, 3.05) is 20.2 Å². The second-order valence-electron chi connectivity index (χ2n) is 7.47. The molecule has 0 aliphatic carbocycles. The highest BCUT2D eigenvalue weighted by Crippen LogP contribution is 2.22. The van der Waals surface area contributed by atoms with Gasteiger partial charge < -0.3 is 9.64 Å². The summed E-state index contributed by atoms with van der Waals surface area (Å²) in [6.07, 6.45) is 4.72. The van der Waals surface area contributed by atoms with Gasteiger partial charge in [0.05, 0.1) is 17.3 Å². The average Bonchev–Trinajstić information content (AvgIpc) is 3.26. The number of nitrogens with zero attached hydrogens (tertiary/aromatic N) is 2. The molecule has 1 unspecified atom stereocenters. The van der Waals surface area contributed by atoms with Gasteiger partial charge in [0.25, 0.3) is 5.91 Å². The third kappa shape index (κ3) is 4.23. The predicted molar refractivity (Wildman–Crippen MR) is 112 cm³/mol. The Morgan fingerprint density at radius 3 is 2.71 bits per heavy atom. The van der Waals surface area contributed by atoms with E-state index in [1.54, 1.807) is 4.90 Å². The molecule has 4 heteroatoms. The van der Waals surface area contributed by atoms with Crippen LogP contribution in [0.15, 0.2) is 60.7 Å². The van der Waals surface area contributed by atoms with E-state index in [1.807, 2.05) is 55.6 Å². The van der Waals surface area contributed by atoms with Crippen molar-refractivity contribution in [2.24, 2.45) is 0 Å². The van der Waals surface area contributed by atoms with Crippen LogP contribution in [0.5, 0.6) is 0 Å². The lowest BCUT2D eigenvalue weighted by Gasteiger charge is -2.18. The second kappa shape index (κ2) is 8.53. The first-order chi connectivity index (χ1) is 13.7. The standard InChI is InChI=1S/C24H26N2O2/c1-26(16-4-7-21-8-5-17-28-21)24(27)20-12-10-19(11-13-20)23-15-14-18-6-2-3-9-22(18)25-23/h2-3,6,9-15,21H,4-5,7-8,16-17H2,1H3. The first kappa shape index (κ1) is 18.6. The van der Waals surface area contributed by atoms with E-state index in [0.717, 1.165) is 61.0 Å². The first-order valence-electron chi connectivity index (χ1n) is 10.0. The monoisotopic (exact) mass is 374 g/mol. The molecule has 1 fully saturated rings. The van der Waals surface area contributed by atoms with Crippen molar-refractivity contribution in [3.8, 4) is 11.3 Å². The molecule has 1 saturated heterocycles. The fourth-order valence-electron chi connectivity index (χ4n) is 3.76. The highest BCUT2D eigenvalue weighted by Gasteiger charge is 2.16. The molecule has 4 nitrogen and oxygen atoms in total. The van der Waals surface area contributed by atoms with Crippen molar-refractivity contribution in [1.29, 1.82) is 0 Å². The van der Waals surface area contributed by atoms with E-state index in [-0.39, 0.29) is 5.91 Å². The van der Waals surface area contributed by atoms with E-state index in [9.17, 15) is 4.79 Å². The quantitative estimate of drug-likeness (QED) is 0.614. The molecule has 1 aromatic heterocycles. The molecule has 144 valence electrons. The molecule has 1 aliphatic heterocycles. The van der Waals surface area contributed by atoms with Crippen molar-refractivity contribution in [3.05, 3.63) is 66.2 Å². The Morgan fingerprint density at radius 1 is 1.11 bits per heavy atom. The molecular weight excluding hydrogens is 348 g/mol. The molecule has 0 spiro atoms. The van der Waals surface area contributed by atoms with Gasteiger partial charge in [-0.25, -0.2) is 4.98 Å². The molecular formula is C24H26N2O2. The summed E-state index contributed by atoms with van der Waals surface area (Å²) in [5, 5.41) is 1.13. The number of aromatic nitrogens is 1. The summed E-state index contributed by atoms with van der Waals surface area (Å²) in [6.45, 7) is 1.64. The number of pyridine rings is 1. The van der Waals surface area contributed by atoms with Gasteiger partial charge in [0.15, 0.2) is 0 Å². The van der Waals surface area contributed by atoms with Crippen LogP contribution in [-0.4, -0.2) is 42.1 Å². The summed E-state index contributed by atoms with van der Waals surface area (Å²) in [5.74, 6) is 0.0605. The molecule has 0 radical (unpaired) electrons. The third-order valence-corrected chi connectivity index (χ3v) is 5.42. The SMILES string of the molecule is CN(CCCC1CCCO1)C(=O)c1ccc(-c2ccc3ccccc3n2)cc1. The lowest BCUT2D eigenvalue weighted by Crippen LogP contribution is -2.28. The minimum absolute atomic E-state index is 0.0605. The molecule has 0 bridgehead atoms. The van der Waals surface area contributed by atoms with E-state index in [2.05, 4.69) is 12.1 Å². The van der Waals surface area contributed by atoms with Gasteiger partial charge in [-0.05, 0) is 49.9 Å². The maximum atomic E-state index is 12.7. The number of carbonyl (C=O) groups is 1. The lowest BCUT2D eigenvalue weighted by molar-refractivity contribution is 0.0763. The van der Waals surface area contributed by atoms with E-state index in [0.29, 0.717) is 11.7 Å². The Kier molecular flexibility index (Phi) is 5.68. The first-order valence-corrected chi connectivity index (χ1v) is 10.0. The van der Waals surface area contributed by atoms with Crippen molar-refractivity contribution in [2.45, 2.75) is 31.8 Å². The number of para-hydroxylation sites is 1. The molecule has 1 atom stereocenters. The maximum Gasteiger partial charge on any atom is 0.253 e. The van der Waals surface area contributed by atoms with Gasteiger partial charge >= 0.3 is 0 Å². The van der Waals surface area contributed by atoms with Crippen molar-refractivity contribution < 1.29 is 9.53 Å². The number of carbonyl (C=O) groups excluding carboxylic acids is 1. The van der Waals surface area contributed by atoms with E-state index in [1.165, 1.54) is 0 Å². The summed E-state index contributed by atoms with van der Waals surface area (Å²) in [6, 6.07) is 19.9. The smallest absolute Gasteiger partial charge is 0.253 e. The van der Waals surface area contributed by atoms with Gasteiger partial charge in [-0.1, -0.05) is 36.4 Å². The van der Waals surface area contributed by atoms with Crippen LogP contribution in [-0.2, 0) is 4.74 Å². The molecule has 2 aromatic carbocycles. The second-order valence-corrected chi connectivity index (χ2v) is 7.47. The number of ether oxygens (including phenoxy) is 1. The minimum atomic E-state index is 0.0605. The molecule has 0 saturated carbocycles.